The van der Waals surface area contributed by atoms with E-state index < -0.39 is 0 Å². The molecule has 2 atom stereocenters. The third-order valence-corrected chi connectivity index (χ3v) is 3.44. The Morgan fingerprint density at radius 2 is 2.29 bits per heavy atom. The molecule has 0 aromatic heterocycles. The molecule has 1 aliphatic heterocycles. The van der Waals surface area contributed by atoms with Gasteiger partial charge in [-0.25, -0.2) is 0 Å². The van der Waals surface area contributed by atoms with Gasteiger partial charge in [0.1, 0.15) is 5.75 Å². The number of fused-ring (bicyclic) bond motifs is 1. The molecule has 0 spiro atoms. The van der Waals surface area contributed by atoms with Crippen LogP contribution in [0.4, 0.5) is 0 Å². The Morgan fingerprint density at radius 1 is 1.47 bits per heavy atom. The Morgan fingerprint density at radius 3 is 3.06 bits per heavy atom. The van der Waals surface area contributed by atoms with Crippen molar-refractivity contribution in [2.75, 3.05) is 27.4 Å². The average molecular weight is 235 g/mol. The van der Waals surface area contributed by atoms with Crippen LogP contribution in [0.15, 0.2) is 24.3 Å². The Labute approximate surface area is 103 Å². The van der Waals surface area contributed by atoms with Gasteiger partial charge in [0.15, 0.2) is 0 Å². The molecule has 0 radical (unpaired) electrons. The lowest BCUT2D eigenvalue weighted by atomic mass is 9.94. The van der Waals surface area contributed by atoms with Crippen LogP contribution in [-0.4, -0.2) is 33.4 Å². The number of ether oxygens (including phenoxy) is 2. The molecule has 1 aliphatic rings. The molecule has 1 heterocycles. The highest BCUT2D eigenvalue weighted by molar-refractivity contribution is 5.39. The first kappa shape index (κ1) is 12.4. The molecule has 2 rings (SSSR count). The van der Waals surface area contributed by atoms with Gasteiger partial charge in [0, 0.05) is 24.6 Å². The summed E-state index contributed by atoms with van der Waals surface area (Å²) in [6.45, 7) is 1.59. The maximum absolute atomic E-state index is 5.69. The van der Waals surface area contributed by atoms with Gasteiger partial charge in [0.2, 0.25) is 0 Å². The second-order valence-corrected chi connectivity index (χ2v) is 4.56. The molecule has 1 aromatic rings. The maximum Gasteiger partial charge on any atom is 0.122 e. The van der Waals surface area contributed by atoms with E-state index in [9.17, 15) is 0 Å². The highest BCUT2D eigenvalue weighted by Gasteiger charge is 2.23. The summed E-state index contributed by atoms with van der Waals surface area (Å²) >= 11 is 0. The molecule has 0 bridgehead atoms. The van der Waals surface area contributed by atoms with Crippen molar-refractivity contribution >= 4 is 0 Å². The first-order valence-corrected chi connectivity index (χ1v) is 6.23. The molecule has 17 heavy (non-hydrogen) atoms. The van der Waals surface area contributed by atoms with Crippen LogP contribution in [-0.2, 0) is 4.74 Å². The van der Waals surface area contributed by atoms with Gasteiger partial charge in [0.05, 0.1) is 13.2 Å². The normalized spacial score (nSPS) is 19.8. The lowest BCUT2D eigenvalue weighted by Gasteiger charge is -2.17. The number of benzene rings is 1. The van der Waals surface area contributed by atoms with Crippen LogP contribution in [0, 0.1) is 0 Å². The van der Waals surface area contributed by atoms with Crippen LogP contribution >= 0.6 is 0 Å². The molecule has 0 amide bonds. The molecule has 0 fully saturated rings. The zero-order chi connectivity index (χ0) is 12.1. The van der Waals surface area contributed by atoms with E-state index in [0.717, 1.165) is 31.8 Å². The summed E-state index contributed by atoms with van der Waals surface area (Å²) in [5.41, 5.74) is 1.36. The number of likely N-dealkylation sites (N-methyl/N-ethyl adjacent to an activating group) is 1. The van der Waals surface area contributed by atoms with Crippen molar-refractivity contribution in [2.45, 2.75) is 24.8 Å². The summed E-state index contributed by atoms with van der Waals surface area (Å²) in [6.07, 6.45) is 2.26. The van der Waals surface area contributed by atoms with Crippen molar-refractivity contribution in [3.8, 4) is 5.75 Å². The third-order valence-electron chi connectivity index (χ3n) is 3.44. The van der Waals surface area contributed by atoms with E-state index in [0.29, 0.717) is 12.0 Å². The van der Waals surface area contributed by atoms with Gasteiger partial charge in [-0.15, -0.1) is 0 Å². The standard InChI is InChI=1S/C14H21NO2/c1-15-12(10-16-2)8-7-11-9-17-14-6-4-3-5-13(11)14/h3-6,11-12,15H,7-10H2,1-2H3. The summed E-state index contributed by atoms with van der Waals surface area (Å²) in [4.78, 5) is 0. The smallest absolute Gasteiger partial charge is 0.122 e. The summed E-state index contributed by atoms with van der Waals surface area (Å²) < 4.78 is 10.9. The van der Waals surface area contributed by atoms with E-state index >= 15 is 0 Å². The zero-order valence-electron chi connectivity index (χ0n) is 10.6. The molecule has 0 aliphatic carbocycles. The molecule has 3 heteroatoms. The summed E-state index contributed by atoms with van der Waals surface area (Å²) in [5.74, 6) is 1.60. The Kier molecular flexibility index (Phi) is 4.40. The van der Waals surface area contributed by atoms with Gasteiger partial charge in [-0.2, -0.15) is 0 Å². The zero-order valence-corrected chi connectivity index (χ0v) is 10.6. The molecule has 1 N–H and O–H groups in total. The van der Waals surface area contributed by atoms with Gasteiger partial charge in [-0.1, -0.05) is 18.2 Å². The van der Waals surface area contributed by atoms with E-state index in [-0.39, 0.29) is 0 Å². The fraction of sp³-hybridized carbons (Fsp3) is 0.571. The second-order valence-electron chi connectivity index (χ2n) is 4.56. The molecule has 0 saturated heterocycles. The van der Waals surface area contributed by atoms with Crippen LogP contribution in [0.2, 0.25) is 0 Å². The third kappa shape index (κ3) is 2.99. The summed E-state index contributed by atoms with van der Waals surface area (Å²) in [5, 5.41) is 3.29. The largest absolute Gasteiger partial charge is 0.493 e. The number of nitrogens with one attached hydrogen (secondary N) is 1. The quantitative estimate of drug-likeness (QED) is 0.819. The Bertz CT molecular complexity index is 354. The van der Waals surface area contributed by atoms with E-state index in [4.69, 9.17) is 9.47 Å². The molecule has 94 valence electrons. The number of hydrogen-bond donors (Lipinski definition) is 1. The van der Waals surface area contributed by atoms with Crippen molar-refractivity contribution < 1.29 is 9.47 Å². The predicted molar refractivity (Wildman–Crippen MR) is 68.6 cm³/mol. The van der Waals surface area contributed by atoms with Crippen LogP contribution in [0.1, 0.15) is 24.3 Å². The topological polar surface area (TPSA) is 30.5 Å². The minimum Gasteiger partial charge on any atom is -0.493 e. The van der Waals surface area contributed by atoms with Gasteiger partial charge in [0.25, 0.3) is 0 Å². The molecular weight excluding hydrogens is 214 g/mol. The number of hydrogen-bond acceptors (Lipinski definition) is 3. The van der Waals surface area contributed by atoms with Crippen LogP contribution in [0.3, 0.4) is 0 Å². The summed E-state index contributed by atoms with van der Waals surface area (Å²) in [7, 11) is 3.74. The van der Waals surface area contributed by atoms with Crippen LogP contribution < -0.4 is 10.1 Å². The van der Waals surface area contributed by atoms with E-state index in [2.05, 4.69) is 23.5 Å². The fourth-order valence-corrected chi connectivity index (χ4v) is 2.38. The van der Waals surface area contributed by atoms with Gasteiger partial charge < -0.3 is 14.8 Å². The lowest BCUT2D eigenvalue weighted by Crippen LogP contribution is -2.30. The van der Waals surface area contributed by atoms with Gasteiger partial charge in [-0.05, 0) is 26.0 Å². The fourth-order valence-electron chi connectivity index (χ4n) is 2.38. The van der Waals surface area contributed by atoms with Gasteiger partial charge >= 0.3 is 0 Å². The maximum atomic E-state index is 5.69. The number of rotatable bonds is 6. The molecule has 3 nitrogen and oxygen atoms in total. The van der Waals surface area contributed by atoms with Crippen molar-refractivity contribution in [3.05, 3.63) is 29.8 Å². The lowest BCUT2D eigenvalue weighted by molar-refractivity contribution is 0.163. The first-order chi connectivity index (χ1) is 8.35. The SMILES string of the molecule is CNC(CCC1COc2ccccc21)COC. The van der Waals surface area contributed by atoms with Crippen LogP contribution in [0.25, 0.3) is 0 Å². The van der Waals surface area contributed by atoms with Crippen molar-refractivity contribution in [1.29, 1.82) is 0 Å². The molecule has 2 unspecified atom stereocenters. The molecule has 1 aromatic carbocycles. The highest BCUT2D eigenvalue weighted by atomic mass is 16.5. The monoisotopic (exact) mass is 235 g/mol. The molecular formula is C14H21NO2. The first-order valence-electron chi connectivity index (χ1n) is 6.23. The van der Waals surface area contributed by atoms with Crippen molar-refractivity contribution in [1.82, 2.24) is 5.32 Å². The Balaban J connectivity index is 1.89. The predicted octanol–water partition coefficient (Wildman–Crippen LogP) is 2.18. The van der Waals surface area contributed by atoms with Gasteiger partial charge in [-0.3, -0.25) is 0 Å². The Hall–Kier alpha value is -1.06. The minimum absolute atomic E-state index is 0.438. The highest BCUT2D eigenvalue weighted by Crippen LogP contribution is 2.36. The second kappa shape index (κ2) is 6.03. The van der Waals surface area contributed by atoms with Crippen molar-refractivity contribution in [3.63, 3.8) is 0 Å². The van der Waals surface area contributed by atoms with E-state index in [1.54, 1.807) is 7.11 Å². The molecule has 0 saturated carbocycles. The average Bonchev–Trinajstić information content (AvgIpc) is 2.78. The minimum atomic E-state index is 0.438. The van der Waals surface area contributed by atoms with E-state index in [1.807, 2.05) is 13.1 Å². The van der Waals surface area contributed by atoms with Crippen LogP contribution in [0.5, 0.6) is 5.75 Å². The van der Waals surface area contributed by atoms with Crippen molar-refractivity contribution in [2.24, 2.45) is 0 Å². The number of para-hydroxylation sites is 1. The number of methoxy groups -OCH3 is 1. The summed E-state index contributed by atoms with van der Waals surface area (Å²) in [6, 6.07) is 8.79. The van der Waals surface area contributed by atoms with E-state index in [1.165, 1.54) is 5.56 Å².